The molecule has 0 bridgehead atoms. The molecule has 4 unspecified atom stereocenters. The number of hydrogen-bond acceptors (Lipinski definition) is 19. The first-order valence-corrected chi connectivity index (χ1v) is 32.7. The Bertz CT molecular complexity index is 4720. The summed E-state index contributed by atoms with van der Waals surface area (Å²) in [6, 6.07) is 22.2. The van der Waals surface area contributed by atoms with Gasteiger partial charge in [0, 0.05) is 72.3 Å². The number of methoxy groups -OCH3 is 3. The molecule has 508 valence electrons. The maximum Gasteiger partial charge on any atom is 1.00 e. The average molecular weight is 1460 g/mol. The summed E-state index contributed by atoms with van der Waals surface area (Å²) in [6.45, 7) is 9.93. The number of fused-ring (bicyclic) bond motifs is 13. The van der Waals surface area contributed by atoms with Crippen molar-refractivity contribution in [2.24, 2.45) is 0 Å². The number of benzene rings is 4. The van der Waals surface area contributed by atoms with E-state index in [0.29, 0.717) is 92.1 Å². The van der Waals surface area contributed by atoms with Crippen LogP contribution in [0.15, 0.2) is 98.1 Å². The number of amides is 1. The van der Waals surface area contributed by atoms with Crippen molar-refractivity contribution in [3.8, 4) is 17.6 Å². The first kappa shape index (κ1) is 74.8. The minimum absolute atomic E-state index is 0. The molecule has 0 spiro atoms. The van der Waals surface area contributed by atoms with Crippen LogP contribution in [-0.2, 0) is 9.47 Å². The van der Waals surface area contributed by atoms with E-state index < -0.39 is 23.9 Å². The van der Waals surface area contributed by atoms with Gasteiger partial charge in [-0.15, -0.1) is 12.4 Å². The number of nitrogens with one attached hydrogen (secondary N) is 4. The van der Waals surface area contributed by atoms with Crippen LogP contribution in [0.1, 0.15) is 71.4 Å². The largest absolute Gasteiger partial charge is 1.00 e. The molecule has 1 amide bonds. The summed E-state index contributed by atoms with van der Waals surface area (Å²) >= 11 is 30.3. The Kier molecular flexibility index (Phi) is 25.2. The summed E-state index contributed by atoms with van der Waals surface area (Å²) in [5.41, 5.74) is 9.39. The molecule has 12 heterocycles. The van der Waals surface area contributed by atoms with Crippen molar-refractivity contribution in [3.63, 3.8) is 0 Å². The number of carbonyl (C=O) groups excluding carboxylic acids is 1. The van der Waals surface area contributed by atoms with E-state index in [1.165, 1.54) is 44.7 Å². The van der Waals surface area contributed by atoms with Gasteiger partial charge in [0.15, 0.2) is 5.15 Å². The van der Waals surface area contributed by atoms with Gasteiger partial charge in [0.2, 0.25) is 17.6 Å². The van der Waals surface area contributed by atoms with Gasteiger partial charge in [-0.1, -0.05) is 58.0 Å². The van der Waals surface area contributed by atoms with Crippen molar-refractivity contribution in [2.45, 2.75) is 101 Å². The first-order chi connectivity index (χ1) is 45.4. The molecular formula is C66H72Cl6N15NaO9. The number of nitrogens with zero attached hydrogens (tertiary/aromatic N) is 11. The zero-order chi connectivity index (χ0) is 65.9. The standard InChI is InChI=1S/C22H27ClN4O4.C17H19ClN4O2.C11H8ClN3O.C10H5Cl2N3.C6H11NO.ClH.Na.H2O/c1-22(2,3)31-21(29)26-9-5-6-16(17(28)11-26)27-15-8-7-13(23)10-14(15)18-19(27)20(30-4)25-12-24-18;1-24-17-16-15(20-9-21-17)11-7-10(18)4-5-12(11)22(16)13-3-2-6-19-8-14(13)23;1-16-11-10-9(13-5-14-11)7-4-6(12)2-3-8(7)15-10;11-5-1-2-7-6(3-5)8-9(15-7)10(12)14-4-13-8;1-2-5-6(8-5)4-7-3-1;;;/h7-8,10,12,16-17,28H,5-6,9,11H2,1-4H3;4-5,7,9,13-14,19,23H,2-3,6,8H2,1H3;2-5,15H,1H3;1-4,15H;5-7H,1-4H2;1H;;1H2/q;;;;;;+1;/p-1/t16?,17-;13?,14-;;;;;;/m11....../s1. The van der Waals surface area contributed by atoms with Crippen LogP contribution in [0.5, 0.6) is 17.6 Å². The number of hydrogen-bond donors (Lipinski definition) is 6. The zero-order valence-electron chi connectivity index (χ0n) is 54.2. The molecule has 16 rings (SSSR count). The third-order valence-electron chi connectivity index (χ3n) is 16.8. The Labute approximate surface area is 610 Å². The van der Waals surface area contributed by atoms with Crippen molar-refractivity contribution >= 4 is 164 Å². The Morgan fingerprint density at radius 3 is 1.56 bits per heavy atom. The third-order valence-corrected chi connectivity index (χ3v) is 18.0. The van der Waals surface area contributed by atoms with Gasteiger partial charge in [0.05, 0.1) is 75.4 Å². The minimum atomic E-state index is -0.811. The molecule has 4 aromatic carbocycles. The predicted octanol–water partition coefficient (Wildman–Crippen LogP) is 10.3. The van der Waals surface area contributed by atoms with E-state index in [-0.39, 0.29) is 66.1 Å². The van der Waals surface area contributed by atoms with Crippen LogP contribution >= 0.6 is 70.4 Å². The molecule has 4 aliphatic heterocycles. The number of aliphatic hydroxyl groups is 2. The molecule has 6 atom stereocenters. The second kappa shape index (κ2) is 32.7. The molecule has 97 heavy (non-hydrogen) atoms. The van der Waals surface area contributed by atoms with Crippen molar-refractivity contribution in [2.75, 3.05) is 60.6 Å². The van der Waals surface area contributed by atoms with Gasteiger partial charge in [0.1, 0.15) is 75.0 Å². The molecule has 12 aromatic rings. The molecule has 8 aromatic heterocycles. The predicted molar refractivity (Wildman–Crippen MR) is 377 cm³/mol. The van der Waals surface area contributed by atoms with Crippen LogP contribution in [0, 0.1) is 0 Å². The summed E-state index contributed by atoms with van der Waals surface area (Å²) in [4.78, 5) is 54.4. The number of ether oxygens (including phenoxy) is 5. The van der Waals surface area contributed by atoms with Crippen molar-refractivity contribution in [1.29, 1.82) is 0 Å². The third kappa shape index (κ3) is 16.4. The fourth-order valence-corrected chi connectivity index (χ4v) is 13.4. The Hall–Kier alpha value is -6.43. The van der Waals surface area contributed by atoms with Crippen LogP contribution in [0.2, 0.25) is 25.2 Å². The summed E-state index contributed by atoms with van der Waals surface area (Å²) in [5.74, 6) is 1.48. The average Bonchev–Trinajstić information content (AvgIpc) is 1.60. The Balaban J connectivity index is 0.000000149. The minimum Gasteiger partial charge on any atom is -0.870 e. The number of aromatic amines is 2. The van der Waals surface area contributed by atoms with Crippen LogP contribution in [0.3, 0.4) is 0 Å². The van der Waals surface area contributed by atoms with Gasteiger partial charge in [-0.2, -0.15) is 15.0 Å². The second-order valence-electron chi connectivity index (χ2n) is 24.1. The summed E-state index contributed by atoms with van der Waals surface area (Å²) in [5, 5.41) is 35.2. The molecule has 7 N–H and O–H groups in total. The molecular weight excluding hydrogens is 1380 g/mol. The van der Waals surface area contributed by atoms with Gasteiger partial charge in [-0.3, -0.25) is 0 Å². The van der Waals surface area contributed by atoms with E-state index in [4.69, 9.17) is 81.7 Å². The normalized spacial score (nSPS) is 19.2. The quantitative estimate of drug-likeness (QED) is 0.0530. The molecule has 0 saturated carbocycles. The molecule has 4 saturated heterocycles. The number of aliphatic hydroxyl groups excluding tert-OH is 2. The van der Waals surface area contributed by atoms with E-state index in [9.17, 15) is 15.0 Å². The second-order valence-corrected chi connectivity index (χ2v) is 26.2. The van der Waals surface area contributed by atoms with Crippen LogP contribution in [0.4, 0.5) is 4.79 Å². The first-order valence-electron chi connectivity index (χ1n) is 30.8. The van der Waals surface area contributed by atoms with Crippen molar-refractivity contribution in [3.05, 3.63) is 123 Å². The van der Waals surface area contributed by atoms with E-state index in [1.807, 2.05) is 98.1 Å². The monoisotopic (exact) mass is 1450 g/mol. The van der Waals surface area contributed by atoms with Gasteiger partial charge in [-0.25, -0.2) is 29.7 Å². The SMILES string of the molecule is C1CNCC2OC2C1.COc1ncnc2c1[nH]c1ccc(Cl)cc12.COc1ncnc2c3cc(Cl)ccc3n(C3CCCN(C(=O)OC(C)(C)C)C[C@H]3O)c12.COc1ncnc2c3cc(Cl)ccc3n(C3CCCNC[C@H]3O)c12.Cl.Clc1ccc2[nH]c3c(Cl)ncnc3c2c1.[Na+].[OH-]. The van der Waals surface area contributed by atoms with E-state index >= 15 is 0 Å². The molecule has 4 fully saturated rings. The molecule has 31 heteroatoms. The maximum absolute atomic E-state index is 12.6. The number of aromatic nitrogens is 12. The van der Waals surface area contributed by atoms with Gasteiger partial charge in [0.25, 0.3) is 0 Å². The number of likely N-dealkylation sites (tertiary alicyclic amines) is 1. The molecule has 24 nitrogen and oxygen atoms in total. The van der Waals surface area contributed by atoms with Crippen LogP contribution in [-0.4, -0.2) is 176 Å². The molecule has 0 aliphatic carbocycles. The summed E-state index contributed by atoms with van der Waals surface area (Å²) in [7, 11) is 4.74. The van der Waals surface area contributed by atoms with E-state index in [2.05, 4.69) is 65.0 Å². The van der Waals surface area contributed by atoms with Crippen molar-refractivity contribution < 1.29 is 73.7 Å². The van der Waals surface area contributed by atoms with Crippen LogP contribution in [0.25, 0.3) is 87.7 Å². The summed E-state index contributed by atoms with van der Waals surface area (Å²) < 4.78 is 31.1. The number of epoxide rings is 1. The number of halogens is 6. The number of carbonyl (C=O) groups is 1. The topological polar surface area (TPSA) is 309 Å². The number of H-pyrrole nitrogens is 2. The number of rotatable bonds is 5. The van der Waals surface area contributed by atoms with E-state index in [1.54, 1.807) is 26.2 Å². The zero-order valence-corrected chi connectivity index (χ0v) is 60.8. The summed E-state index contributed by atoms with van der Waals surface area (Å²) in [6.07, 6.45) is 11.2. The smallest absolute Gasteiger partial charge is 0.870 e. The van der Waals surface area contributed by atoms with E-state index in [0.717, 1.165) is 103 Å². The van der Waals surface area contributed by atoms with Gasteiger partial charge in [-0.05, 0) is 145 Å². The fraction of sp³-hybridized carbons (Fsp3) is 0.379. The van der Waals surface area contributed by atoms with Crippen LogP contribution < -0.4 is 54.4 Å². The molecule has 0 radical (unpaired) electrons. The Morgan fingerprint density at radius 2 is 1.01 bits per heavy atom. The fourth-order valence-electron chi connectivity index (χ4n) is 12.5. The van der Waals surface area contributed by atoms with Gasteiger partial charge >= 0.3 is 35.7 Å². The van der Waals surface area contributed by atoms with Crippen molar-refractivity contribution in [1.82, 2.24) is 74.5 Å². The number of β-amino-alcohol motifs (C(OH)–C–C–N with tert-alkyl or cyclic N) is 2. The molecule has 4 aliphatic rings. The Morgan fingerprint density at radius 1 is 0.557 bits per heavy atom. The maximum atomic E-state index is 12.6. The van der Waals surface area contributed by atoms with Gasteiger partial charge < -0.3 is 74.0 Å².